The zero-order chi connectivity index (χ0) is 25.5. The average Bonchev–Trinajstić information content (AvgIpc) is 2.74. The lowest BCUT2D eigenvalue weighted by Crippen LogP contribution is -2.61. The van der Waals surface area contributed by atoms with Crippen molar-refractivity contribution in [2.45, 2.75) is 71.2 Å². The second-order valence-electron chi connectivity index (χ2n) is 7.32. The molecule has 0 saturated carbocycles. The standard InChI is InChI=1S/C20H32N4O10/c1-12-17(32-13(2)25)18(33-14(3)26)19(34-15(4)27)20(31-12)30-9-5-6-16(28)22-7-10-29-11-8-23-24-21/h12,17-20H,5-11H2,1-4H3,(H,22,28)/t12-,17?,18?,19-,20?/m0/s1. The van der Waals surface area contributed by atoms with Crippen LogP contribution < -0.4 is 5.32 Å². The summed E-state index contributed by atoms with van der Waals surface area (Å²) in [5.41, 5.74) is 8.15. The summed E-state index contributed by atoms with van der Waals surface area (Å²) in [6, 6.07) is 0. The molecule has 1 fully saturated rings. The van der Waals surface area contributed by atoms with Gasteiger partial charge < -0.3 is 33.7 Å². The molecule has 5 atom stereocenters. The Bertz CT molecular complexity index is 743. The van der Waals surface area contributed by atoms with Crippen LogP contribution in [0.1, 0.15) is 40.5 Å². The summed E-state index contributed by atoms with van der Waals surface area (Å²) >= 11 is 0. The summed E-state index contributed by atoms with van der Waals surface area (Å²) in [6.07, 6.45) is -4.68. The minimum Gasteiger partial charge on any atom is -0.456 e. The number of ether oxygens (including phenoxy) is 6. The van der Waals surface area contributed by atoms with E-state index in [-0.39, 0.29) is 38.7 Å². The number of rotatable bonds is 14. The third-order valence-corrected chi connectivity index (χ3v) is 4.43. The van der Waals surface area contributed by atoms with Gasteiger partial charge in [0.2, 0.25) is 5.91 Å². The predicted molar refractivity (Wildman–Crippen MR) is 114 cm³/mol. The molecule has 0 aromatic rings. The molecule has 1 N–H and O–H groups in total. The lowest BCUT2D eigenvalue weighted by Gasteiger charge is -2.43. The Hall–Kier alpha value is -2.93. The molecule has 0 bridgehead atoms. The molecule has 34 heavy (non-hydrogen) atoms. The largest absolute Gasteiger partial charge is 0.456 e. The van der Waals surface area contributed by atoms with Gasteiger partial charge in [0.05, 0.1) is 25.9 Å². The zero-order valence-electron chi connectivity index (χ0n) is 19.8. The van der Waals surface area contributed by atoms with Crippen molar-refractivity contribution in [2.75, 3.05) is 32.9 Å². The molecule has 192 valence electrons. The van der Waals surface area contributed by atoms with Crippen molar-refractivity contribution in [1.82, 2.24) is 5.32 Å². The van der Waals surface area contributed by atoms with Crippen molar-refractivity contribution in [3.05, 3.63) is 10.4 Å². The maximum atomic E-state index is 11.9. The van der Waals surface area contributed by atoms with Crippen LogP contribution in [0.2, 0.25) is 0 Å². The van der Waals surface area contributed by atoms with Crippen LogP contribution in [0.15, 0.2) is 5.11 Å². The van der Waals surface area contributed by atoms with Crippen LogP contribution in [-0.4, -0.2) is 87.4 Å². The van der Waals surface area contributed by atoms with Gasteiger partial charge in [0, 0.05) is 45.2 Å². The van der Waals surface area contributed by atoms with Crippen LogP contribution in [0.3, 0.4) is 0 Å². The molecule has 3 unspecified atom stereocenters. The topological polar surface area (TPSA) is 184 Å². The fourth-order valence-electron chi connectivity index (χ4n) is 3.14. The highest BCUT2D eigenvalue weighted by Crippen LogP contribution is 2.29. The number of nitrogens with zero attached hydrogens (tertiary/aromatic N) is 3. The van der Waals surface area contributed by atoms with Gasteiger partial charge in [0.15, 0.2) is 24.6 Å². The molecule has 0 aromatic heterocycles. The number of hydrogen-bond acceptors (Lipinski definition) is 11. The Balaban J connectivity index is 2.58. The average molecular weight is 488 g/mol. The maximum Gasteiger partial charge on any atom is 0.303 e. The van der Waals surface area contributed by atoms with Crippen molar-refractivity contribution in [2.24, 2.45) is 5.11 Å². The third-order valence-electron chi connectivity index (χ3n) is 4.43. The SMILES string of the molecule is CC(=O)OC1C(OC(C)=O)[C@H](C)OC(OCCCC(=O)NCCOCCN=[N+]=[N-])[C@H]1OC(C)=O. The second-order valence-corrected chi connectivity index (χ2v) is 7.32. The van der Waals surface area contributed by atoms with E-state index in [1.54, 1.807) is 6.92 Å². The first-order chi connectivity index (χ1) is 16.1. The molecule has 1 amide bonds. The molecular formula is C20H32N4O10. The van der Waals surface area contributed by atoms with E-state index in [9.17, 15) is 19.2 Å². The van der Waals surface area contributed by atoms with Gasteiger partial charge in [-0.25, -0.2) is 0 Å². The van der Waals surface area contributed by atoms with Gasteiger partial charge >= 0.3 is 17.9 Å². The smallest absolute Gasteiger partial charge is 0.303 e. The van der Waals surface area contributed by atoms with Gasteiger partial charge in [-0.2, -0.15) is 0 Å². The molecule has 0 aliphatic carbocycles. The van der Waals surface area contributed by atoms with Crippen LogP contribution in [0, 0.1) is 0 Å². The molecule has 0 spiro atoms. The van der Waals surface area contributed by atoms with Crippen molar-refractivity contribution < 1.29 is 47.6 Å². The molecule has 1 rings (SSSR count). The van der Waals surface area contributed by atoms with E-state index in [2.05, 4.69) is 15.3 Å². The van der Waals surface area contributed by atoms with E-state index in [0.29, 0.717) is 13.0 Å². The summed E-state index contributed by atoms with van der Waals surface area (Å²) in [5.74, 6) is -2.17. The number of carbonyl (C=O) groups excluding carboxylic acids is 4. The first kappa shape index (κ1) is 29.1. The van der Waals surface area contributed by atoms with Gasteiger partial charge in [-0.1, -0.05) is 5.11 Å². The molecule has 1 aliphatic heterocycles. The van der Waals surface area contributed by atoms with Gasteiger partial charge in [-0.15, -0.1) is 0 Å². The Morgan fingerprint density at radius 1 is 0.941 bits per heavy atom. The fourth-order valence-corrected chi connectivity index (χ4v) is 3.14. The minimum atomic E-state index is -1.18. The molecular weight excluding hydrogens is 456 g/mol. The number of esters is 3. The second kappa shape index (κ2) is 15.8. The third kappa shape index (κ3) is 11.3. The zero-order valence-corrected chi connectivity index (χ0v) is 19.8. The van der Waals surface area contributed by atoms with Crippen molar-refractivity contribution in [1.29, 1.82) is 0 Å². The molecule has 0 aromatic carbocycles. The van der Waals surface area contributed by atoms with Crippen molar-refractivity contribution in [3.63, 3.8) is 0 Å². The van der Waals surface area contributed by atoms with Crippen molar-refractivity contribution >= 4 is 23.8 Å². The van der Waals surface area contributed by atoms with Gasteiger partial charge in [-0.05, 0) is 18.9 Å². The minimum absolute atomic E-state index is 0.0796. The van der Waals surface area contributed by atoms with E-state index in [4.69, 9.17) is 34.0 Å². The summed E-state index contributed by atoms with van der Waals surface area (Å²) in [5, 5.41) is 6.00. The van der Waals surface area contributed by atoms with Crippen LogP contribution in [0.25, 0.3) is 10.4 Å². The normalized spacial score (nSPS) is 23.8. The monoisotopic (exact) mass is 488 g/mol. The Morgan fingerprint density at radius 2 is 1.56 bits per heavy atom. The summed E-state index contributed by atoms with van der Waals surface area (Å²) in [7, 11) is 0. The fraction of sp³-hybridized carbons (Fsp3) is 0.800. The van der Waals surface area contributed by atoms with E-state index in [0.717, 1.165) is 0 Å². The highest BCUT2D eigenvalue weighted by Gasteiger charge is 2.50. The van der Waals surface area contributed by atoms with E-state index >= 15 is 0 Å². The number of amides is 1. The van der Waals surface area contributed by atoms with E-state index in [1.807, 2.05) is 0 Å². The van der Waals surface area contributed by atoms with Gasteiger partial charge in [0.1, 0.15) is 0 Å². The first-order valence-corrected chi connectivity index (χ1v) is 10.8. The first-order valence-electron chi connectivity index (χ1n) is 10.8. The van der Waals surface area contributed by atoms with E-state index < -0.39 is 48.6 Å². The van der Waals surface area contributed by atoms with Crippen LogP contribution in [-0.2, 0) is 47.6 Å². The van der Waals surface area contributed by atoms with Crippen LogP contribution in [0.5, 0.6) is 0 Å². The molecule has 0 radical (unpaired) electrons. The van der Waals surface area contributed by atoms with Gasteiger partial charge in [0.25, 0.3) is 0 Å². The van der Waals surface area contributed by atoms with Crippen LogP contribution in [0.4, 0.5) is 0 Å². The van der Waals surface area contributed by atoms with E-state index in [1.165, 1.54) is 20.8 Å². The summed E-state index contributed by atoms with van der Waals surface area (Å²) < 4.78 is 32.4. The summed E-state index contributed by atoms with van der Waals surface area (Å²) in [4.78, 5) is 49.3. The Kier molecular flexibility index (Phi) is 13.5. The molecule has 1 heterocycles. The molecule has 1 aliphatic rings. The molecule has 14 heteroatoms. The number of nitrogens with one attached hydrogen (secondary N) is 1. The quantitative estimate of drug-likeness (QED) is 0.0914. The number of carbonyl (C=O) groups is 4. The number of hydrogen-bond donors (Lipinski definition) is 1. The Labute approximate surface area is 197 Å². The number of azide groups is 1. The maximum absolute atomic E-state index is 11.9. The highest BCUT2D eigenvalue weighted by molar-refractivity contribution is 5.75. The highest BCUT2D eigenvalue weighted by atomic mass is 16.7. The lowest BCUT2D eigenvalue weighted by atomic mass is 9.99. The van der Waals surface area contributed by atoms with Crippen molar-refractivity contribution in [3.8, 4) is 0 Å². The summed E-state index contributed by atoms with van der Waals surface area (Å²) in [6.45, 7) is 6.30. The molecule has 14 nitrogen and oxygen atoms in total. The predicted octanol–water partition coefficient (Wildman–Crippen LogP) is 0.766. The van der Waals surface area contributed by atoms with Crippen LogP contribution >= 0.6 is 0 Å². The lowest BCUT2D eigenvalue weighted by molar-refractivity contribution is -0.300. The van der Waals surface area contributed by atoms with Gasteiger partial charge in [-0.3, -0.25) is 19.2 Å². The Morgan fingerprint density at radius 3 is 2.18 bits per heavy atom. The molecule has 1 saturated heterocycles.